The number of amides is 2. The zero-order valence-electron chi connectivity index (χ0n) is 20.3. The van der Waals surface area contributed by atoms with Crippen LogP contribution >= 0.6 is 0 Å². The van der Waals surface area contributed by atoms with Crippen molar-refractivity contribution in [2.45, 2.75) is 46.0 Å². The molecule has 2 aliphatic heterocycles. The molecule has 3 heterocycles. The number of rotatable bonds is 6. The van der Waals surface area contributed by atoms with Crippen molar-refractivity contribution in [3.05, 3.63) is 46.4 Å². The number of carbonyl (C=O) groups is 2. The summed E-state index contributed by atoms with van der Waals surface area (Å²) < 4.78 is 53.3. The summed E-state index contributed by atoms with van der Waals surface area (Å²) in [5.41, 5.74) is -0.102. The molecule has 12 heteroatoms. The highest BCUT2D eigenvalue weighted by atomic mass is 19.4. The number of hydrogen-bond acceptors (Lipinski definition) is 6. The average Bonchev–Trinajstić information content (AvgIpc) is 3.16. The highest BCUT2D eigenvalue weighted by molar-refractivity contribution is 5.98. The van der Waals surface area contributed by atoms with Gasteiger partial charge < -0.3 is 20.0 Å². The number of benzene rings is 1. The maximum Gasteiger partial charge on any atom is 0.416 e. The van der Waals surface area contributed by atoms with Gasteiger partial charge in [-0.3, -0.25) is 9.59 Å². The topological polar surface area (TPSA) is 81.7 Å². The third-order valence-corrected chi connectivity index (χ3v) is 6.48. The van der Waals surface area contributed by atoms with Crippen molar-refractivity contribution < 1.29 is 27.2 Å². The maximum absolute atomic E-state index is 14.2. The van der Waals surface area contributed by atoms with Gasteiger partial charge in [0.2, 0.25) is 11.9 Å². The van der Waals surface area contributed by atoms with Crippen LogP contribution in [-0.2, 0) is 23.9 Å². The van der Waals surface area contributed by atoms with Crippen molar-refractivity contribution in [1.29, 1.82) is 0 Å². The van der Waals surface area contributed by atoms with Crippen molar-refractivity contribution in [3.8, 4) is 0 Å². The summed E-state index contributed by atoms with van der Waals surface area (Å²) in [4.78, 5) is 39.1. The zero-order valence-corrected chi connectivity index (χ0v) is 20.3. The van der Waals surface area contributed by atoms with E-state index in [2.05, 4.69) is 15.3 Å². The van der Waals surface area contributed by atoms with E-state index in [4.69, 9.17) is 0 Å². The van der Waals surface area contributed by atoms with Gasteiger partial charge in [-0.1, -0.05) is 0 Å². The third kappa shape index (κ3) is 5.21. The largest absolute Gasteiger partial charge is 0.416 e. The Bertz CT molecular complexity index is 1160. The van der Waals surface area contributed by atoms with Gasteiger partial charge in [0.05, 0.1) is 12.1 Å². The fourth-order valence-corrected chi connectivity index (χ4v) is 4.36. The molecule has 8 nitrogen and oxygen atoms in total. The summed E-state index contributed by atoms with van der Waals surface area (Å²) in [6.45, 7) is 7.68. The van der Waals surface area contributed by atoms with Gasteiger partial charge in [0, 0.05) is 51.3 Å². The molecule has 2 aromatic rings. The number of nitrogens with zero attached hydrogens (tertiary/aromatic N) is 5. The minimum atomic E-state index is -4.56. The van der Waals surface area contributed by atoms with Crippen LogP contribution in [0.15, 0.2) is 18.2 Å². The summed E-state index contributed by atoms with van der Waals surface area (Å²) in [5.74, 6) is -0.228. The van der Waals surface area contributed by atoms with E-state index in [-0.39, 0.29) is 42.1 Å². The first-order valence-electron chi connectivity index (χ1n) is 11.8. The molecule has 194 valence electrons. The lowest BCUT2D eigenvalue weighted by Gasteiger charge is -2.34. The predicted molar refractivity (Wildman–Crippen MR) is 125 cm³/mol. The Morgan fingerprint density at radius 1 is 1.14 bits per heavy atom. The number of carbonyl (C=O) groups excluding carboxylic acids is 2. The quantitative estimate of drug-likeness (QED) is 0.603. The lowest BCUT2D eigenvalue weighted by atomic mass is 10.1. The van der Waals surface area contributed by atoms with Crippen molar-refractivity contribution in [3.63, 3.8) is 0 Å². The van der Waals surface area contributed by atoms with Gasteiger partial charge in [-0.05, 0) is 44.0 Å². The fourth-order valence-electron chi connectivity index (χ4n) is 4.36. The SMILES string of the molecule is CC(=O)N1CCN(c2nc(NCCc3cc(C(F)(F)F)ccc3F)c3c(n2)C(=O)N(C(C)C)C3)CC1. The van der Waals surface area contributed by atoms with E-state index >= 15 is 0 Å². The third-order valence-electron chi connectivity index (χ3n) is 6.48. The zero-order chi connectivity index (χ0) is 26.2. The Morgan fingerprint density at radius 3 is 2.44 bits per heavy atom. The van der Waals surface area contributed by atoms with Crippen LogP contribution in [0.4, 0.5) is 29.3 Å². The lowest BCUT2D eigenvalue weighted by Crippen LogP contribution is -2.48. The van der Waals surface area contributed by atoms with Crippen LogP contribution in [-0.4, -0.2) is 70.3 Å². The first kappa shape index (κ1) is 25.6. The molecule has 1 aromatic carbocycles. The molecule has 2 amide bonds. The molecular formula is C24H28F4N6O2. The second-order valence-electron chi connectivity index (χ2n) is 9.20. The molecule has 0 unspecified atom stereocenters. The van der Waals surface area contributed by atoms with Crippen LogP contribution < -0.4 is 10.2 Å². The van der Waals surface area contributed by atoms with Crippen molar-refractivity contribution in [2.75, 3.05) is 42.9 Å². The van der Waals surface area contributed by atoms with Gasteiger partial charge in [0.15, 0.2) is 0 Å². The van der Waals surface area contributed by atoms with Crippen LogP contribution in [0.5, 0.6) is 0 Å². The summed E-state index contributed by atoms with van der Waals surface area (Å²) in [7, 11) is 0. The molecular weight excluding hydrogens is 480 g/mol. The molecule has 0 bridgehead atoms. The monoisotopic (exact) mass is 508 g/mol. The van der Waals surface area contributed by atoms with Crippen LogP contribution in [0.2, 0.25) is 0 Å². The first-order valence-corrected chi connectivity index (χ1v) is 11.8. The van der Waals surface area contributed by atoms with E-state index in [0.29, 0.717) is 56.1 Å². The first-order chi connectivity index (χ1) is 17.0. The van der Waals surface area contributed by atoms with E-state index < -0.39 is 17.6 Å². The highest BCUT2D eigenvalue weighted by Gasteiger charge is 2.35. The summed E-state index contributed by atoms with van der Waals surface area (Å²) in [5, 5.41) is 3.10. The second kappa shape index (κ2) is 9.90. The van der Waals surface area contributed by atoms with Crippen molar-refractivity contribution in [2.24, 2.45) is 0 Å². The molecule has 1 saturated heterocycles. The number of piperazine rings is 1. The van der Waals surface area contributed by atoms with Crippen LogP contribution in [0.3, 0.4) is 0 Å². The number of hydrogen-bond donors (Lipinski definition) is 1. The molecule has 2 aliphatic rings. The number of alkyl halides is 3. The second-order valence-corrected chi connectivity index (χ2v) is 9.20. The molecule has 0 radical (unpaired) electrons. The normalized spacial score (nSPS) is 16.1. The summed E-state index contributed by atoms with van der Waals surface area (Å²) in [6, 6.07) is 2.28. The van der Waals surface area contributed by atoms with Crippen LogP contribution in [0.25, 0.3) is 0 Å². The van der Waals surface area contributed by atoms with E-state index in [1.54, 1.807) is 9.80 Å². The Kier molecular flexibility index (Phi) is 7.05. The van der Waals surface area contributed by atoms with Crippen molar-refractivity contribution >= 4 is 23.6 Å². The van der Waals surface area contributed by atoms with Crippen molar-refractivity contribution in [1.82, 2.24) is 19.8 Å². The molecule has 36 heavy (non-hydrogen) atoms. The number of fused-ring (bicyclic) bond motifs is 1. The predicted octanol–water partition coefficient (Wildman–Crippen LogP) is 3.32. The standard InChI is InChI=1S/C24H28F4N6O2/c1-14(2)34-13-18-20(22(34)36)30-23(33-10-8-32(9-11-33)15(3)35)31-21(18)29-7-6-16-12-17(24(26,27)28)4-5-19(16)25/h4-5,12,14H,6-11,13H2,1-3H3,(H,29,30,31). The van der Waals surface area contributed by atoms with Crippen LogP contribution in [0.1, 0.15) is 48.0 Å². The number of nitrogens with one attached hydrogen (secondary N) is 1. The van der Waals surface area contributed by atoms with E-state index in [0.717, 1.165) is 12.1 Å². The Morgan fingerprint density at radius 2 is 1.83 bits per heavy atom. The number of anilines is 2. The van der Waals surface area contributed by atoms with Gasteiger partial charge in [0.1, 0.15) is 17.3 Å². The van der Waals surface area contributed by atoms with E-state index in [9.17, 15) is 27.2 Å². The minimum absolute atomic E-state index is 0.0109. The van der Waals surface area contributed by atoms with E-state index in [1.165, 1.54) is 6.92 Å². The molecule has 0 spiro atoms. The van der Waals surface area contributed by atoms with E-state index in [1.807, 2.05) is 18.7 Å². The smallest absolute Gasteiger partial charge is 0.369 e. The molecule has 0 aliphatic carbocycles. The van der Waals surface area contributed by atoms with Gasteiger partial charge in [-0.25, -0.2) is 9.37 Å². The lowest BCUT2D eigenvalue weighted by molar-refractivity contribution is -0.137. The van der Waals surface area contributed by atoms with Gasteiger partial charge >= 0.3 is 6.18 Å². The fraction of sp³-hybridized carbons (Fsp3) is 0.500. The Labute approximate surface area is 206 Å². The number of halogens is 4. The minimum Gasteiger partial charge on any atom is -0.369 e. The molecule has 0 atom stereocenters. The molecule has 4 rings (SSSR count). The van der Waals surface area contributed by atoms with Gasteiger partial charge in [0.25, 0.3) is 5.91 Å². The van der Waals surface area contributed by atoms with Gasteiger partial charge in [-0.15, -0.1) is 0 Å². The van der Waals surface area contributed by atoms with Gasteiger partial charge in [-0.2, -0.15) is 18.2 Å². The molecule has 1 aromatic heterocycles. The molecule has 1 fully saturated rings. The summed E-state index contributed by atoms with van der Waals surface area (Å²) >= 11 is 0. The highest BCUT2D eigenvalue weighted by Crippen LogP contribution is 2.32. The Balaban J connectivity index is 1.57. The summed E-state index contributed by atoms with van der Waals surface area (Å²) in [6.07, 6.45) is -4.58. The average molecular weight is 509 g/mol. The molecule has 1 N–H and O–H groups in total. The molecule has 0 saturated carbocycles. The Hall–Kier alpha value is -3.44. The van der Waals surface area contributed by atoms with Crippen LogP contribution in [0, 0.1) is 5.82 Å². The number of aromatic nitrogens is 2. The maximum atomic E-state index is 14.2.